The van der Waals surface area contributed by atoms with Crippen LogP contribution in [-0.4, -0.2) is 20.9 Å². The third-order valence-corrected chi connectivity index (χ3v) is 3.89. The number of nitrogen functional groups attached to an aromatic ring is 1. The van der Waals surface area contributed by atoms with Crippen LogP contribution in [0.3, 0.4) is 0 Å². The fraction of sp³-hybridized carbons (Fsp3) is 0.0625. The lowest BCUT2D eigenvalue weighted by atomic mass is 10.2. The third kappa shape index (κ3) is 3.09. The highest BCUT2D eigenvalue weighted by molar-refractivity contribution is 9.10. The van der Waals surface area contributed by atoms with Crippen molar-refractivity contribution < 1.29 is 4.79 Å². The number of nitrogens with one attached hydrogen (secondary N) is 1. The Bertz CT molecular complexity index is 857. The molecular formula is C16H14BrN5O. The molecule has 3 N–H and O–H groups in total. The van der Waals surface area contributed by atoms with Crippen molar-refractivity contribution in [3.63, 3.8) is 0 Å². The molecule has 0 atom stereocenters. The molecule has 23 heavy (non-hydrogen) atoms. The Balaban J connectivity index is 1.88. The van der Waals surface area contributed by atoms with Gasteiger partial charge in [-0.25, -0.2) is 0 Å². The first-order chi connectivity index (χ1) is 11.1. The van der Waals surface area contributed by atoms with Crippen molar-refractivity contribution in [2.45, 2.75) is 6.92 Å². The van der Waals surface area contributed by atoms with Crippen LogP contribution in [0.4, 0.5) is 11.5 Å². The fourth-order valence-electron chi connectivity index (χ4n) is 2.15. The van der Waals surface area contributed by atoms with Crippen LogP contribution in [0.25, 0.3) is 5.69 Å². The van der Waals surface area contributed by atoms with Crippen LogP contribution in [0.2, 0.25) is 0 Å². The maximum absolute atomic E-state index is 12.3. The number of carbonyl (C=O) groups excluding carboxylic acids is 1. The first-order valence-electron chi connectivity index (χ1n) is 6.90. The van der Waals surface area contributed by atoms with E-state index < -0.39 is 5.91 Å². The number of amides is 1. The Labute approximate surface area is 141 Å². The molecule has 0 saturated carbocycles. The Kier molecular flexibility index (Phi) is 4.12. The molecule has 0 radical (unpaired) electrons. The maximum Gasteiger partial charge on any atom is 0.280 e. The van der Waals surface area contributed by atoms with E-state index in [0.29, 0.717) is 5.69 Å². The highest BCUT2D eigenvalue weighted by atomic mass is 79.9. The normalized spacial score (nSPS) is 10.5. The number of hydrogen-bond acceptors (Lipinski definition) is 4. The molecule has 2 aromatic carbocycles. The monoisotopic (exact) mass is 371 g/mol. The molecule has 116 valence electrons. The molecule has 0 unspecified atom stereocenters. The van der Waals surface area contributed by atoms with Crippen molar-refractivity contribution in [2.24, 2.45) is 0 Å². The molecule has 1 aromatic heterocycles. The Morgan fingerprint density at radius 1 is 1.17 bits per heavy atom. The lowest BCUT2D eigenvalue weighted by molar-refractivity contribution is 0.102. The minimum atomic E-state index is -0.398. The van der Waals surface area contributed by atoms with Crippen molar-refractivity contribution in [3.8, 4) is 5.69 Å². The third-order valence-electron chi connectivity index (χ3n) is 3.37. The summed E-state index contributed by atoms with van der Waals surface area (Å²) in [5, 5.41) is 10.7. The zero-order valence-electron chi connectivity index (χ0n) is 12.3. The summed E-state index contributed by atoms with van der Waals surface area (Å²) in [6, 6.07) is 14.9. The van der Waals surface area contributed by atoms with Crippen LogP contribution in [0.5, 0.6) is 0 Å². The van der Waals surface area contributed by atoms with E-state index >= 15 is 0 Å². The molecule has 0 saturated heterocycles. The lowest BCUT2D eigenvalue weighted by Crippen LogP contribution is -2.15. The van der Waals surface area contributed by atoms with Crippen LogP contribution < -0.4 is 11.1 Å². The Morgan fingerprint density at radius 3 is 2.57 bits per heavy atom. The van der Waals surface area contributed by atoms with Gasteiger partial charge in [0, 0.05) is 10.2 Å². The molecule has 6 nitrogen and oxygen atoms in total. The van der Waals surface area contributed by atoms with Crippen molar-refractivity contribution in [3.05, 3.63) is 64.3 Å². The number of aryl methyl sites for hydroxylation is 1. The zero-order chi connectivity index (χ0) is 16.4. The summed E-state index contributed by atoms with van der Waals surface area (Å²) < 4.78 is 2.40. The maximum atomic E-state index is 12.3. The summed E-state index contributed by atoms with van der Waals surface area (Å²) >= 11 is 3.35. The summed E-state index contributed by atoms with van der Waals surface area (Å²) in [5.74, 6) is -0.196. The molecule has 7 heteroatoms. The van der Waals surface area contributed by atoms with Crippen LogP contribution >= 0.6 is 15.9 Å². The van der Waals surface area contributed by atoms with Crippen LogP contribution in [0, 0.1) is 6.92 Å². The van der Waals surface area contributed by atoms with Gasteiger partial charge in [-0.3, -0.25) is 4.79 Å². The average Bonchev–Trinajstić information content (AvgIpc) is 2.92. The Hall–Kier alpha value is -2.67. The molecule has 0 aliphatic rings. The van der Waals surface area contributed by atoms with E-state index in [9.17, 15) is 4.79 Å². The van der Waals surface area contributed by atoms with Gasteiger partial charge in [0.1, 0.15) is 0 Å². The molecule has 0 bridgehead atoms. The molecule has 3 rings (SSSR count). The van der Waals surface area contributed by atoms with E-state index in [1.54, 1.807) is 12.1 Å². The minimum Gasteiger partial charge on any atom is -0.382 e. The number of carbonyl (C=O) groups is 1. The van der Waals surface area contributed by atoms with Gasteiger partial charge in [0.2, 0.25) is 0 Å². The molecule has 0 aliphatic heterocycles. The summed E-state index contributed by atoms with van der Waals surface area (Å²) in [6.45, 7) is 1.94. The number of rotatable bonds is 3. The van der Waals surface area contributed by atoms with Gasteiger partial charge in [-0.05, 0) is 42.8 Å². The molecular weight excluding hydrogens is 358 g/mol. The van der Waals surface area contributed by atoms with Gasteiger partial charge < -0.3 is 11.1 Å². The van der Waals surface area contributed by atoms with Crippen LogP contribution in [0.1, 0.15) is 16.1 Å². The predicted octanol–water partition coefficient (Wildman–Crippen LogP) is 3.17. The molecule has 3 aromatic rings. The number of nitrogens with zero attached hydrogens (tertiary/aromatic N) is 3. The molecule has 0 aliphatic carbocycles. The minimum absolute atomic E-state index is 0.0937. The van der Waals surface area contributed by atoms with Crippen molar-refractivity contribution in [2.75, 3.05) is 11.1 Å². The van der Waals surface area contributed by atoms with Crippen molar-refractivity contribution >= 4 is 33.3 Å². The highest BCUT2D eigenvalue weighted by Gasteiger charge is 2.19. The van der Waals surface area contributed by atoms with E-state index in [0.717, 1.165) is 15.7 Å². The van der Waals surface area contributed by atoms with E-state index in [1.165, 1.54) is 4.68 Å². The van der Waals surface area contributed by atoms with Gasteiger partial charge >= 0.3 is 0 Å². The molecule has 1 heterocycles. The fourth-order valence-corrected chi connectivity index (χ4v) is 2.42. The quantitative estimate of drug-likeness (QED) is 0.740. The molecule has 1 amide bonds. The summed E-state index contributed by atoms with van der Waals surface area (Å²) in [6.07, 6.45) is 0. The number of hydrogen-bond donors (Lipinski definition) is 2. The van der Waals surface area contributed by atoms with Gasteiger partial charge in [-0.2, -0.15) is 4.68 Å². The molecule has 0 spiro atoms. The van der Waals surface area contributed by atoms with E-state index in [4.69, 9.17) is 5.73 Å². The largest absolute Gasteiger partial charge is 0.382 e. The predicted molar refractivity (Wildman–Crippen MR) is 92.6 cm³/mol. The topological polar surface area (TPSA) is 85.8 Å². The van der Waals surface area contributed by atoms with Gasteiger partial charge in [0.25, 0.3) is 5.91 Å². The first-order valence-corrected chi connectivity index (χ1v) is 7.69. The lowest BCUT2D eigenvalue weighted by Gasteiger charge is -2.07. The second kappa shape index (κ2) is 6.21. The van der Waals surface area contributed by atoms with Gasteiger partial charge in [0.05, 0.1) is 5.69 Å². The first kappa shape index (κ1) is 15.2. The van der Waals surface area contributed by atoms with E-state index in [-0.39, 0.29) is 11.5 Å². The number of para-hydroxylation sites is 1. The average molecular weight is 372 g/mol. The smallest absolute Gasteiger partial charge is 0.280 e. The van der Waals surface area contributed by atoms with Gasteiger partial charge in [-0.15, -0.1) is 5.10 Å². The summed E-state index contributed by atoms with van der Waals surface area (Å²) in [7, 11) is 0. The summed E-state index contributed by atoms with van der Waals surface area (Å²) in [5.41, 5.74) is 8.58. The number of nitrogens with two attached hydrogens (primary N) is 1. The zero-order valence-corrected chi connectivity index (χ0v) is 13.9. The number of benzene rings is 2. The molecule has 0 fully saturated rings. The van der Waals surface area contributed by atoms with Crippen LogP contribution in [0.15, 0.2) is 53.0 Å². The number of anilines is 2. The standard InChI is InChI=1S/C16H14BrN5O/c1-10-4-2-3-5-13(10)22-15(18)14(20-21-22)16(23)19-12-8-6-11(17)7-9-12/h2-9H,18H2,1H3,(H,19,23). The SMILES string of the molecule is Cc1ccccc1-n1nnc(C(=O)Nc2ccc(Br)cc2)c1N. The number of halogens is 1. The van der Waals surface area contributed by atoms with Crippen molar-refractivity contribution in [1.29, 1.82) is 0 Å². The summed E-state index contributed by atoms with van der Waals surface area (Å²) in [4.78, 5) is 12.3. The van der Waals surface area contributed by atoms with Crippen molar-refractivity contribution in [1.82, 2.24) is 15.0 Å². The van der Waals surface area contributed by atoms with Gasteiger partial charge in [-0.1, -0.05) is 39.3 Å². The number of aromatic nitrogens is 3. The van der Waals surface area contributed by atoms with Gasteiger partial charge in [0.15, 0.2) is 11.5 Å². The highest BCUT2D eigenvalue weighted by Crippen LogP contribution is 2.20. The van der Waals surface area contributed by atoms with E-state index in [2.05, 4.69) is 31.6 Å². The second-order valence-corrected chi connectivity index (χ2v) is 5.90. The van der Waals surface area contributed by atoms with E-state index in [1.807, 2.05) is 43.3 Å². The van der Waals surface area contributed by atoms with Crippen LogP contribution in [-0.2, 0) is 0 Å². The second-order valence-electron chi connectivity index (χ2n) is 4.98. The Morgan fingerprint density at radius 2 is 1.87 bits per heavy atom.